The van der Waals surface area contributed by atoms with Gasteiger partial charge >= 0.3 is 0 Å². The topological polar surface area (TPSA) is 65.5 Å². The number of carbonyl (C=O) groups is 2. The maximum absolute atomic E-state index is 12.8. The highest BCUT2D eigenvalue weighted by Gasteiger charge is 2.23. The van der Waals surface area contributed by atoms with Crippen molar-refractivity contribution in [1.82, 2.24) is 14.8 Å². The number of carbonyl (C=O) groups excluding carboxylic acids is 2. The maximum atomic E-state index is 12.8. The van der Waals surface area contributed by atoms with Crippen molar-refractivity contribution in [3.8, 4) is 0 Å². The van der Waals surface area contributed by atoms with Crippen LogP contribution in [0.5, 0.6) is 0 Å². The molecule has 29 heavy (non-hydrogen) atoms. The normalized spacial score (nSPS) is 15.2. The minimum atomic E-state index is -0.249. The average Bonchev–Trinajstić information content (AvgIpc) is 2.73. The molecule has 3 rings (SSSR count). The highest BCUT2D eigenvalue weighted by Crippen LogP contribution is 2.23. The number of likely N-dealkylation sites (N-methyl/N-ethyl adjacent to an activating group) is 1. The van der Waals surface area contributed by atoms with Gasteiger partial charge in [-0.15, -0.1) is 0 Å². The molecule has 1 N–H and O–H groups in total. The van der Waals surface area contributed by atoms with Gasteiger partial charge in [-0.1, -0.05) is 39.8 Å². The number of pyridine rings is 1. The summed E-state index contributed by atoms with van der Waals surface area (Å²) in [5.41, 5.74) is 2.73. The number of hydrogen-bond acceptors (Lipinski definition) is 4. The molecule has 154 valence electrons. The monoisotopic (exact) mass is 394 g/mol. The van der Waals surface area contributed by atoms with E-state index < -0.39 is 0 Å². The fourth-order valence-corrected chi connectivity index (χ4v) is 3.37. The highest BCUT2D eigenvalue weighted by molar-refractivity contribution is 6.05. The third-order valence-corrected chi connectivity index (χ3v) is 5.36. The van der Waals surface area contributed by atoms with Crippen LogP contribution in [-0.4, -0.2) is 59.3 Å². The molecule has 0 spiro atoms. The SMILES string of the molecule is CCN1CCN(C(=O)c2cc(C(=O)Nc3ccc(C(C)(C)C)cc3)ccn2)CC1. The molecule has 1 aromatic heterocycles. The molecule has 1 aromatic carbocycles. The van der Waals surface area contributed by atoms with Gasteiger partial charge in [-0.2, -0.15) is 0 Å². The van der Waals surface area contributed by atoms with Gasteiger partial charge in [0.25, 0.3) is 11.8 Å². The molecule has 0 atom stereocenters. The van der Waals surface area contributed by atoms with Gasteiger partial charge in [0.2, 0.25) is 0 Å². The number of amides is 2. The van der Waals surface area contributed by atoms with Crippen LogP contribution >= 0.6 is 0 Å². The largest absolute Gasteiger partial charge is 0.335 e. The maximum Gasteiger partial charge on any atom is 0.272 e. The Hall–Kier alpha value is -2.73. The van der Waals surface area contributed by atoms with Crippen LogP contribution in [0.2, 0.25) is 0 Å². The Bertz CT molecular complexity index is 863. The summed E-state index contributed by atoms with van der Waals surface area (Å²) in [6.45, 7) is 12.7. The third-order valence-electron chi connectivity index (χ3n) is 5.36. The average molecular weight is 395 g/mol. The minimum absolute atomic E-state index is 0.0610. The van der Waals surface area contributed by atoms with E-state index in [1.807, 2.05) is 24.3 Å². The van der Waals surface area contributed by atoms with Crippen molar-refractivity contribution in [3.05, 3.63) is 59.4 Å². The molecule has 1 aliphatic heterocycles. The first-order valence-electron chi connectivity index (χ1n) is 10.2. The number of anilines is 1. The molecule has 2 amide bonds. The van der Waals surface area contributed by atoms with E-state index in [0.717, 1.165) is 25.3 Å². The summed E-state index contributed by atoms with van der Waals surface area (Å²) >= 11 is 0. The Morgan fingerprint density at radius 2 is 1.69 bits per heavy atom. The first-order valence-corrected chi connectivity index (χ1v) is 10.2. The van der Waals surface area contributed by atoms with Crippen LogP contribution < -0.4 is 5.32 Å². The zero-order valence-electron chi connectivity index (χ0n) is 17.7. The minimum Gasteiger partial charge on any atom is -0.335 e. The van der Waals surface area contributed by atoms with E-state index in [0.29, 0.717) is 24.3 Å². The van der Waals surface area contributed by atoms with Crippen LogP contribution in [0.4, 0.5) is 5.69 Å². The molecule has 1 aliphatic rings. The van der Waals surface area contributed by atoms with E-state index in [-0.39, 0.29) is 17.2 Å². The molecule has 0 bridgehead atoms. The van der Waals surface area contributed by atoms with Crippen LogP contribution in [-0.2, 0) is 5.41 Å². The van der Waals surface area contributed by atoms with E-state index in [1.54, 1.807) is 17.0 Å². The summed E-state index contributed by atoms with van der Waals surface area (Å²) in [4.78, 5) is 33.7. The molecular weight excluding hydrogens is 364 g/mol. The molecule has 6 nitrogen and oxygen atoms in total. The van der Waals surface area contributed by atoms with E-state index in [1.165, 1.54) is 11.8 Å². The van der Waals surface area contributed by atoms with Crippen LogP contribution in [0.25, 0.3) is 0 Å². The van der Waals surface area contributed by atoms with Gasteiger partial charge in [0.05, 0.1) is 0 Å². The quantitative estimate of drug-likeness (QED) is 0.863. The number of nitrogens with zero attached hydrogens (tertiary/aromatic N) is 3. The third kappa shape index (κ3) is 5.21. The van der Waals surface area contributed by atoms with Crippen molar-refractivity contribution in [1.29, 1.82) is 0 Å². The van der Waals surface area contributed by atoms with Gasteiger partial charge in [0.15, 0.2) is 0 Å². The molecular formula is C23H30N4O2. The van der Waals surface area contributed by atoms with E-state index in [2.05, 4.69) is 42.9 Å². The van der Waals surface area contributed by atoms with Crippen LogP contribution in [0.3, 0.4) is 0 Å². The zero-order valence-corrected chi connectivity index (χ0v) is 17.7. The van der Waals surface area contributed by atoms with Crippen molar-refractivity contribution >= 4 is 17.5 Å². The predicted molar refractivity (Wildman–Crippen MR) is 115 cm³/mol. The number of nitrogens with one attached hydrogen (secondary N) is 1. The second-order valence-corrected chi connectivity index (χ2v) is 8.44. The Labute approximate surface area is 172 Å². The van der Waals surface area contributed by atoms with Gasteiger partial charge in [-0.25, -0.2) is 0 Å². The summed E-state index contributed by atoms with van der Waals surface area (Å²) in [6.07, 6.45) is 1.52. The van der Waals surface area contributed by atoms with E-state index in [4.69, 9.17) is 0 Å². The van der Waals surface area contributed by atoms with Crippen LogP contribution in [0.1, 0.15) is 54.1 Å². The smallest absolute Gasteiger partial charge is 0.272 e. The van der Waals surface area contributed by atoms with Crippen molar-refractivity contribution in [2.75, 3.05) is 38.0 Å². The number of aromatic nitrogens is 1. The first kappa shape index (κ1) is 21.0. The van der Waals surface area contributed by atoms with Crippen molar-refractivity contribution in [2.24, 2.45) is 0 Å². The molecule has 0 saturated carbocycles. The molecule has 2 aromatic rings. The lowest BCUT2D eigenvalue weighted by molar-refractivity contribution is 0.0637. The second kappa shape index (κ2) is 8.74. The fraction of sp³-hybridized carbons (Fsp3) is 0.435. The lowest BCUT2D eigenvalue weighted by Crippen LogP contribution is -2.48. The van der Waals surface area contributed by atoms with Gasteiger partial charge < -0.3 is 15.1 Å². The molecule has 0 aliphatic carbocycles. The lowest BCUT2D eigenvalue weighted by Gasteiger charge is -2.33. The Morgan fingerprint density at radius 3 is 2.28 bits per heavy atom. The second-order valence-electron chi connectivity index (χ2n) is 8.44. The van der Waals surface area contributed by atoms with Crippen molar-refractivity contribution in [3.63, 3.8) is 0 Å². The van der Waals surface area contributed by atoms with Crippen molar-refractivity contribution in [2.45, 2.75) is 33.1 Å². The van der Waals surface area contributed by atoms with Crippen molar-refractivity contribution < 1.29 is 9.59 Å². The number of piperazine rings is 1. The molecule has 2 heterocycles. The Morgan fingerprint density at radius 1 is 1.03 bits per heavy atom. The summed E-state index contributed by atoms with van der Waals surface area (Å²) in [6, 6.07) is 11.1. The van der Waals surface area contributed by atoms with E-state index in [9.17, 15) is 9.59 Å². The fourth-order valence-electron chi connectivity index (χ4n) is 3.37. The summed E-state index contributed by atoms with van der Waals surface area (Å²) in [5.74, 6) is -0.370. The van der Waals surface area contributed by atoms with Crippen LogP contribution in [0.15, 0.2) is 42.6 Å². The predicted octanol–water partition coefficient (Wildman–Crippen LogP) is 3.41. The van der Waals surface area contributed by atoms with Gasteiger partial charge in [-0.3, -0.25) is 14.6 Å². The first-order chi connectivity index (χ1) is 13.8. The summed E-state index contributed by atoms with van der Waals surface area (Å²) in [5, 5.41) is 2.90. The summed E-state index contributed by atoms with van der Waals surface area (Å²) in [7, 11) is 0. The molecule has 1 saturated heterocycles. The zero-order chi connectivity index (χ0) is 21.0. The van der Waals surface area contributed by atoms with Gasteiger partial charge in [-0.05, 0) is 41.8 Å². The Balaban J connectivity index is 1.67. The molecule has 6 heteroatoms. The molecule has 1 fully saturated rings. The van der Waals surface area contributed by atoms with Gasteiger partial charge in [0, 0.05) is 43.6 Å². The van der Waals surface area contributed by atoms with Gasteiger partial charge in [0.1, 0.15) is 5.69 Å². The number of rotatable bonds is 4. The van der Waals surface area contributed by atoms with Crippen LogP contribution in [0, 0.1) is 0 Å². The number of benzene rings is 1. The Kier molecular flexibility index (Phi) is 6.33. The molecule has 0 radical (unpaired) electrons. The molecule has 0 unspecified atom stereocenters. The summed E-state index contributed by atoms with van der Waals surface area (Å²) < 4.78 is 0. The standard InChI is InChI=1S/C23H30N4O2/c1-5-26-12-14-27(15-13-26)22(29)20-16-17(10-11-24-20)21(28)25-19-8-6-18(7-9-19)23(2,3)4/h6-11,16H,5,12-15H2,1-4H3,(H,25,28). The number of hydrogen-bond donors (Lipinski definition) is 1. The lowest BCUT2D eigenvalue weighted by atomic mass is 9.87. The highest BCUT2D eigenvalue weighted by atomic mass is 16.2. The van der Waals surface area contributed by atoms with E-state index >= 15 is 0 Å².